The third-order valence-corrected chi connectivity index (χ3v) is 5.28. The van der Waals surface area contributed by atoms with Crippen LogP contribution in [0.25, 0.3) is 0 Å². The van der Waals surface area contributed by atoms with E-state index in [1.165, 1.54) is 36.6 Å². The molecule has 0 atom stereocenters. The number of carbonyl (C=O) groups is 3. The molecule has 1 aromatic heterocycles. The maximum Gasteiger partial charge on any atom is 0.358 e. The molecule has 1 saturated carbocycles. The number of hydrogen-bond acceptors (Lipinski definition) is 5. The zero-order valence-electron chi connectivity index (χ0n) is 14.8. The molecule has 2 amide bonds. The Labute approximate surface area is 151 Å². The molecule has 0 radical (unpaired) electrons. The Kier molecular flexibility index (Phi) is 5.85. The van der Waals surface area contributed by atoms with Gasteiger partial charge >= 0.3 is 5.97 Å². The van der Waals surface area contributed by atoms with Crippen molar-refractivity contribution in [2.24, 2.45) is 5.92 Å². The number of aromatic nitrogens is 3. The second-order valence-corrected chi connectivity index (χ2v) is 7.06. The minimum atomic E-state index is -1.17. The molecule has 2 fully saturated rings. The molecule has 26 heavy (non-hydrogen) atoms. The van der Waals surface area contributed by atoms with Crippen molar-refractivity contribution in [1.29, 1.82) is 0 Å². The molecule has 0 unspecified atom stereocenters. The van der Waals surface area contributed by atoms with Crippen molar-refractivity contribution >= 4 is 17.8 Å². The average Bonchev–Trinajstić information content (AvgIpc) is 3.31. The van der Waals surface area contributed by atoms with Crippen molar-refractivity contribution in [2.45, 2.75) is 45.1 Å². The van der Waals surface area contributed by atoms with Crippen LogP contribution in [0.5, 0.6) is 0 Å². The van der Waals surface area contributed by atoms with Gasteiger partial charge in [-0.25, -0.2) is 9.48 Å². The van der Waals surface area contributed by atoms with E-state index in [0.717, 1.165) is 6.42 Å². The zero-order chi connectivity index (χ0) is 18.5. The first-order valence-electron chi connectivity index (χ1n) is 9.22. The summed E-state index contributed by atoms with van der Waals surface area (Å²) in [5.41, 5.74) is -0.185. The van der Waals surface area contributed by atoms with E-state index >= 15 is 0 Å². The largest absolute Gasteiger partial charge is 0.476 e. The third-order valence-electron chi connectivity index (χ3n) is 5.28. The summed E-state index contributed by atoms with van der Waals surface area (Å²) in [6.45, 7) is 2.04. The Morgan fingerprint density at radius 3 is 2.23 bits per heavy atom. The van der Waals surface area contributed by atoms with Gasteiger partial charge in [-0.15, -0.1) is 5.10 Å². The van der Waals surface area contributed by atoms with Gasteiger partial charge in [-0.1, -0.05) is 30.9 Å². The van der Waals surface area contributed by atoms with E-state index in [2.05, 4.69) is 10.3 Å². The van der Waals surface area contributed by atoms with Crippen LogP contribution in [0.15, 0.2) is 6.20 Å². The van der Waals surface area contributed by atoms with Gasteiger partial charge in [0.05, 0.1) is 6.20 Å². The summed E-state index contributed by atoms with van der Waals surface area (Å²) in [5, 5.41) is 16.0. The third kappa shape index (κ3) is 4.59. The number of piperazine rings is 1. The average molecular weight is 363 g/mol. The molecule has 1 N–H and O–H groups in total. The molecule has 1 saturated heterocycles. The van der Waals surface area contributed by atoms with Crippen LogP contribution in [0, 0.1) is 5.92 Å². The van der Waals surface area contributed by atoms with Crippen LogP contribution in [-0.4, -0.2) is 73.9 Å². The quantitative estimate of drug-likeness (QED) is 0.793. The summed E-state index contributed by atoms with van der Waals surface area (Å²) in [6.07, 6.45) is 7.91. The van der Waals surface area contributed by atoms with Crippen LogP contribution in [-0.2, 0) is 16.1 Å². The molecule has 3 rings (SSSR count). The Morgan fingerprint density at radius 1 is 1.04 bits per heavy atom. The summed E-state index contributed by atoms with van der Waals surface area (Å²) in [5.74, 6) is -0.426. The molecule has 0 spiro atoms. The lowest BCUT2D eigenvalue weighted by atomic mass is 10.0. The number of carboxylic acids is 1. The number of aromatic carboxylic acids is 1. The number of carboxylic acid groups (broad SMARTS) is 1. The number of carbonyl (C=O) groups excluding carboxylic acids is 2. The molecule has 142 valence electrons. The lowest BCUT2D eigenvalue weighted by molar-refractivity contribution is -0.140. The van der Waals surface area contributed by atoms with Crippen LogP contribution < -0.4 is 0 Å². The molecule has 2 heterocycles. The van der Waals surface area contributed by atoms with Gasteiger partial charge in [0.2, 0.25) is 11.8 Å². The first-order chi connectivity index (χ1) is 12.5. The minimum absolute atomic E-state index is 0.0457. The first kappa shape index (κ1) is 18.3. The Hall–Kier alpha value is -2.45. The lowest BCUT2D eigenvalue weighted by Crippen LogP contribution is -2.51. The fraction of sp³-hybridized carbons (Fsp3) is 0.706. The molecule has 1 aliphatic carbocycles. The Balaban J connectivity index is 1.41. The highest BCUT2D eigenvalue weighted by atomic mass is 16.4. The fourth-order valence-electron chi connectivity index (χ4n) is 3.70. The summed E-state index contributed by atoms with van der Waals surface area (Å²) in [6, 6.07) is 0. The van der Waals surface area contributed by atoms with E-state index in [4.69, 9.17) is 5.11 Å². The number of amides is 2. The Morgan fingerprint density at radius 2 is 1.65 bits per heavy atom. The van der Waals surface area contributed by atoms with E-state index in [-0.39, 0.29) is 24.1 Å². The van der Waals surface area contributed by atoms with E-state index in [1.807, 2.05) is 4.90 Å². The van der Waals surface area contributed by atoms with E-state index in [9.17, 15) is 14.4 Å². The number of hydrogen-bond donors (Lipinski definition) is 1. The molecule has 0 aromatic carbocycles. The fourth-order valence-corrected chi connectivity index (χ4v) is 3.70. The Bertz CT molecular complexity index is 660. The van der Waals surface area contributed by atoms with Crippen LogP contribution in [0.4, 0.5) is 0 Å². The number of nitrogens with zero attached hydrogens (tertiary/aromatic N) is 5. The summed E-state index contributed by atoms with van der Waals surface area (Å²) in [7, 11) is 0. The van der Waals surface area contributed by atoms with Crippen molar-refractivity contribution in [1.82, 2.24) is 24.8 Å². The van der Waals surface area contributed by atoms with Gasteiger partial charge in [0.1, 0.15) is 6.54 Å². The standard InChI is InChI=1S/C17H25N5O4/c23-15(6-5-13-3-1-2-4-13)20-7-9-21(10-8-20)16(24)12-22-11-14(17(25)26)18-19-22/h11,13H,1-10,12H2,(H,25,26). The summed E-state index contributed by atoms with van der Waals surface area (Å²) >= 11 is 0. The van der Waals surface area contributed by atoms with Crippen LogP contribution in [0.1, 0.15) is 49.0 Å². The molecule has 1 aliphatic heterocycles. The van der Waals surface area contributed by atoms with Gasteiger partial charge in [-0.3, -0.25) is 9.59 Å². The van der Waals surface area contributed by atoms with E-state index in [1.54, 1.807) is 4.90 Å². The van der Waals surface area contributed by atoms with Crippen molar-refractivity contribution in [3.8, 4) is 0 Å². The van der Waals surface area contributed by atoms with Crippen LogP contribution in [0.2, 0.25) is 0 Å². The highest BCUT2D eigenvalue weighted by Gasteiger charge is 2.25. The molecule has 2 aliphatic rings. The SMILES string of the molecule is O=C(O)c1cn(CC(=O)N2CCN(C(=O)CCC3CCCC3)CC2)nn1. The second kappa shape index (κ2) is 8.29. The second-order valence-electron chi connectivity index (χ2n) is 7.06. The lowest BCUT2D eigenvalue weighted by Gasteiger charge is -2.35. The topological polar surface area (TPSA) is 109 Å². The smallest absolute Gasteiger partial charge is 0.358 e. The van der Waals surface area contributed by atoms with Crippen molar-refractivity contribution < 1.29 is 19.5 Å². The van der Waals surface area contributed by atoms with Crippen molar-refractivity contribution in [2.75, 3.05) is 26.2 Å². The predicted molar refractivity (Wildman–Crippen MR) is 91.3 cm³/mol. The summed E-state index contributed by atoms with van der Waals surface area (Å²) in [4.78, 5) is 39.0. The molecular formula is C17H25N5O4. The maximum atomic E-state index is 12.3. The monoisotopic (exact) mass is 363 g/mol. The van der Waals surface area contributed by atoms with Gasteiger partial charge in [0.15, 0.2) is 5.69 Å². The van der Waals surface area contributed by atoms with Gasteiger partial charge in [0.25, 0.3) is 0 Å². The van der Waals surface area contributed by atoms with Gasteiger partial charge in [-0.2, -0.15) is 0 Å². The highest BCUT2D eigenvalue weighted by Crippen LogP contribution is 2.28. The maximum absolute atomic E-state index is 12.3. The highest BCUT2D eigenvalue weighted by molar-refractivity contribution is 5.85. The van der Waals surface area contributed by atoms with E-state index < -0.39 is 5.97 Å². The van der Waals surface area contributed by atoms with Crippen molar-refractivity contribution in [3.63, 3.8) is 0 Å². The molecule has 1 aromatic rings. The predicted octanol–water partition coefficient (Wildman–Crippen LogP) is 0.617. The van der Waals surface area contributed by atoms with E-state index in [0.29, 0.717) is 38.5 Å². The zero-order valence-corrected chi connectivity index (χ0v) is 14.8. The molecule has 0 bridgehead atoms. The first-order valence-corrected chi connectivity index (χ1v) is 9.22. The van der Waals surface area contributed by atoms with Gasteiger partial charge in [-0.05, 0) is 12.3 Å². The minimum Gasteiger partial charge on any atom is -0.476 e. The van der Waals surface area contributed by atoms with Crippen LogP contribution >= 0.6 is 0 Å². The molecule has 9 nitrogen and oxygen atoms in total. The number of rotatable bonds is 6. The van der Waals surface area contributed by atoms with Gasteiger partial charge in [0, 0.05) is 32.6 Å². The van der Waals surface area contributed by atoms with Gasteiger partial charge < -0.3 is 14.9 Å². The normalized spacial score (nSPS) is 18.3. The molecular weight excluding hydrogens is 338 g/mol. The van der Waals surface area contributed by atoms with Crippen molar-refractivity contribution in [3.05, 3.63) is 11.9 Å². The van der Waals surface area contributed by atoms with Crippen LogP contribution in [0.3, 0.4) is 0 Å². The summed E-state index contributed by atoms with van der Waals surface area (Å²) < 4.78 is 1.23. The molecule has 9 heteroatoms.